The first kappa shape index (κ1) is 19.1. The SMILES string of the molecule is CCc1nc2n(n1)C1(CCCCC1)[C@@H]1CCCC[C@@H]1N2C(=O)c1cccc(Cl)c1. The van der Waals surface area contributed by atoms with Crippen LogP contribution >= 0.6 is 11.6 Å². The van der Waals surface area contributed by atoms with Crippen LogP contribution in [0.1, 0.15) is 80.9 Å². The van der Waals surface area contributed by atoms with Crippen molar-refractivity contribution in [1.82, 2.24) is 14.8 Å². The van der Waals surface area contributed by atoms with Crippen LogP contribution in [0.4, 0.5) is 5.95 Å². The van der Waals surface area contributed by atoms with Crippen LogP contribution < -0.4 is 4.90 Å². The fraction of sp³-hybridized carbons (Fsp3) is 0.609. The molecular formula is C23H29ClN4O. The number of carbonyl (C=O) groups excluding carboxylic acids is 1. The van der Waals surface area contributed by atoms with Crippen molar-refractivity contribution in [2.24, 2.45) is 5.92 Å². The summed E-state index contributed by atoms with van der Waals surface area (Å²) in [4.78, 5) is 20.6. The van der Waals surface area contributed by atoms with E-state index >= 15 is 0 Å². The Morgan fingerprint density at radius 2 is 1.97 bits per heavy atom. The Kier molecular flexibility index (Phi) is 4.89. The van der Waals surface area contributed by atoms with Gasteiger partial charge in [-0.25, -0.2) is 4.68 Å². The average Bonchev–Trinajstić information content (AvgIpc) is 3.20. The number of hydrogen-bond donors (Lipinski definition) is 0. The molecular weight excluding hydrogens is 384 g/mol. The van der Waals surface area contributed by atoms with E-state index in [0.29, 0.717) is 16.5 Å². The monoisotopic (exact) mass is 412 g/mol. The molecule has 1 aliphatic heterocycles. The fourth-order valence-corrected chi connectivity index (χ4v) is 6.24. The van der Waals surface area contributed by atoms with Gasteiger partial charge in [0.15, 0.2) is 5.82 Å². The summed E-state index contributed by atoms with van der Waals surface area (Å²) < 4.78 is 2.18. The van der Waals surface area contributed by atoms with Crippen molar-refractivity contribution in [3.63, 3.8) is 0 Å². The second kappa shape index (κ2) is 7.42. The zero-order chi connectivity index (χ0) is 20.0. The Morgan fingerprint density at radius 1 is 1.17 bits per heavy atom. The number of hydrogen-bond acceptors (Lipinski definition) is 3. The minimum absolute atomic E-state index is 0.00589. The molecule has 5 nitrogen and oxygen atoms in total. The minimum atomic E-state index is 0.00589. The molecule has 2 saturated carbocycles. The Balaban J connectivity index is 1.67. The van der Waals surface area contributed by atoms with E-state index in [0.717, 1.165) is 37.5 Å². The maximum Gasteiger partial charge on any atom is 0.260 e. The summed E-state index contributed by atoms with van der Waals surface area (Å²) in [6, 6.07) is 7.50. The lowest BCUT2D eigenvalue weighted by molar-refractivity contribution is 0.0311. The first-order chi connectivity index (χ1) is 14.1. The topological polar surface area (TPSA) is 51.0 Å². The fourth-order valence-electron chi connectivity index (χ4n) is 6.05. The standard InChI is InChI=1S/C23H29ClN4O/c1-2-20-25-22-27(21(29)16-9-8-10-17(24)15-16)19-12-5-4-11-18(19)23(28(22)26-20)13-6-3-7-14-23/h8-10,15,18-19H,2-7,11-14H2,1H3/t18-,19+/m1/s1. The molecule has 154 valence electrons. The predicted octanol–water partition coefficient (Wildman–Crippen LogP) is 5.37. The molecule has 1 spiro atoms. The minimum Gasteiger partial charge on any atom is -0.273 e. The normalized spacial score (nSPS) is 25.5. The van der Waals surface area contributed by atoms with Gasteiger partial charge in [0.05, 0.1) is 5.54 Å². The highest BCUT2D eigenvalue weighted by molar-refractivity contribution is 6.31. The second-order valence-corrected chi connectivity index (χ2v) is 9.34. The highest BCUT2D eigenvalue weighted by Crippen LogP contribution is 2.53. The number of fused-ring (bicyclic) bond motifs is 4. The van der Waals surface area contributed by atoms with Crippen molar-refractivity contribution >= 4 is 23.5 Å². The summed E-state index contributed by atoms with van der Waals surface area (Å²) in [5, 5.41) is 5.56. The molecule has 0 bridgehead atoms. The molecule has 6 heteroatoms. The van der Waals surface area contributed by atoms with E-state index < -0.39 is 0 Å². The van der Waals surface area contributed by atoms with Gasteiger partial charge in [0.2, 0.25) is 5.95 Å². The van der Waals surface area contributed by atoms with Gasteiger partial charge >= 0.3 is 0 Å². The molecule has 0 N–H and O–H groups in total. The van der Waals surface area contributed by atoms with Gasteiger partial charge in [-0.3, -0.25) is 9.69 Å². The van der Waals surface area contributed by atoms with E-state index in [-0.39, 0.29) is 17.5 Å². The largest absolute Gasteiger partial charge is 0.273 e. The van der Waals surface area contributed by atoms with Crippen molar-refractivity contribution in [3.8, 4) is 0 Å². The lowest BCUT2D eigenvalue weighted by atomic mass is 9.64. The Hall–Kier alpha value is -1.88. The van der Waals surface area contributed by atoms with Crippen LogP contribution in [0, 0.1) is 5.92 Å². The van der Waals surface area contributed by atoms with Crippen molar-refractivity contribution in [2.75, 3.05) is 4.90 Å². The molecule has 0 saturated heterocycles. The van der Waals surface area contributed by atoms with Crippen LogP contribution in [0.2, 0.25) is 5.02 Å². The van der Waals surface area contributed by atoms with Gasteiger partial charge in [-0.1, -0.05) is 56.7 Å². The molecule has 2 heterocycles. The third-order valence-corrected chi connectivity index (χ3v) is 7.58. The highest BCUT2D eigenvalue weighted by Gasteiger charge is 2.55. The predicted molar refractivity (Wildman–Crippen MR) is 114 cm³/mol. The van der Waals surface area contributed by atoms with Crippen LogP contribution in [0.3, 0.4) is 0 Å². The maximum atomic E-state index is 13.7. The number of benzene rings is 1. The van der Waals surface area contributed by atoms with Crippen LogP contribution in [-0.4, -0.2) is 26.7 Å². The molecule has 3 aliphatic rings. The molecule has 0 unspecified atom stereocenters. The van der Waals surface area contributed by atoms with Gasteiger partial charge in [-0.15, -0.1) is 0 Å². The zero-order valence-corrected chi connectivity index (χ0v) is 17.9. The maximum absolute atomic E-state index is 13.7. The van der Waals surface area contributed by atoms with Crippen LogP contribution in [-0.2, 0) is 12.0 Å². The van der Waals surface area contributed by atoms with Gasteiger partial charge in [0.25, 0.3) is 5.91 Å². The van der Waals surface area contributed by atoms with Crippen LogP contribution in [0.5, 0.6) is 0 Å². The molecule has 1 amide bonds. The summed E-state index contributed by atoms with van der Waals surface area (Å²) in [5.74, 6) is 2.06. The first-order valence-corrected chi connectivity index (χ1v) is 11.6. The number of amides is 1. The summed E-state index contributed by atoms with van der Waals surface area (Å²) in [7, 11) is 0. The van der Waals surface area contributed by atoms with Crippen molar-refractivity contribution in [3.05, 3.63) is 40.7 Å². The van der Waals surface area contributed by atoms with E-state index in [1.165, 1.54) is 38.5 Å². The molecule has 29 heavy (non-hydrogen) atoms. The van der Waals surface area contributed by atoms with Gasteiger partial charge < -0.3 is 0 Å². The molecule has 1 aromatic carbocycles. The first-order valence-electron chi connectivity index (χ1n) is 11.2. The van der Waals surface area contributed by atoms with Crippen LogP contribution in [0.15, 0.2) is 24.3 Å². The number of aromatic nitrogens is 3. The van der Waals surface area contributed by atoms with Gasteiger partial charge in [-0.2, -0.15) is 10.1 Å². The van der Waals surface area contributed by atoms with Gasteiger partial charge in [0.1, 0.15) is 0 Å². The molecule has 2 aliphatic carbocycles. The Morgan fingerprint density at radius 3 is 2.72 bits per heavy atom. The lowest BCUT2D eigenvalue weighted by Gasteiger charge is -2.55. The molecule has 2 fully saturated rings. The van der Waals surface area contributed by atoms with Crippen molar-refractivity contribution < 1.29 is 4.79 Å². The number of rotatable bonds is 2. The third kappa shape index (κ3) is 3.00. The number of anilines is 1. The molecule has 1 aromatic heterocycles. The number of carbonyl (C=O) groups is 1. The van der Waals surface area contributed by atoms with Crippen molar-refractivity contribution in [2.45, 2.75) is 82.7 Å². The smallest absolute Gasteiger partial charge is 0.260 e. The Labute approximate surface area is 177 Å². The average molecular weight is 413 g/mol. The summed E-state index contributed by atoms with van der Waals surface area (Å²) >= 11 is 6.20. The van der Waals surface area contributed by atoms with Crippen LogP contribution in [0.25, 0.3) is 0 Å². The summed E-state index contributed by atoms with van der Waals surface area (Å²) in [5.41, 5.74) is 0.665. The Bertz CT molecular complexity index is 917. The number of nitrogens with zero attached hydrogens (tertiary/aromatic N) is 4. The quantitative estimate of drug-likeness (QED) is 0.665. The molecule has 5 rings (SSSR count). The lowest BCUT2D eigenvalue weighted by Crippen LogP contribution is -2.61. The molecule has 2 atom stereocenters. The van der Waals surface area contributed by atoms with E-state index in [2.05, 4.69) is 11.6 Å². The number of aryl methyl sites for hydroxylation is 1. The summed E-state index contributed by atoms with van der Waals surface area (Å²) in [6.45, 7) is 2.09. The molecule has 0 radical (unpaired) electrons. The second-order valence-electron chi connectivity index (χ2n) is 8.90. The van der Waals surface area contributed by atoms with E-state index in [1.54, 1.807) is 6.07 Å². The van der Waals surface area contributed by atoms with Crippen molar-refractivity contribution in [1.29, 1.82) is 0 Å². The van der Waals surface area contributed by atoms with Gasteiger partial charge in [-0.05, 0) is 43.9 Å². The highest BCUT2D eigenvalue weighted by atomic mass is 35.5. The van der Waals surface area contributed by atoms with E-state index in [9.17, 15) is 4.79 Å². The summed E-state index contributed by atoms with van der Waals surface area (Å²) in [6.07, 6.45) is 11.5. The molecule has 2 aromatic rings. The van der Waals surface area contributed by atoms with Gasteiger partial charge in [0, 0.05) is 29.0 Å². The zero-order valence-electron chi connectivity index (χ0n) is 17.1. The third-order valence-electron chi connectivity index (χ3n) is 7.35. The number of halogens is 1. The van der Waals surface area contributed by atoms with E-state index in [1.807, 2.05) is 23.1 Å². The van der Waals surface area contributed by atoms with E-state index in [4.69, 9.17) is 21.7 Å².